The lowest BCUT2D eigenvalue weighted by Gasteiger charge is -2.26. The van der Waals surface area contributed by atoms with E-state index in [1.807, 2.05) is 6.07 Å². The summed E-state index contributed by atoms with van der Waals surface area (Å²) in [7, 11) is -7.35. The third-order valence-corrected chi connectivity index (χ3v) is 7.81. The summed E-state index contributed by atoms with van der Waals surface area (Å²) in [5.74, 6) is 0.117. The number of nitrogens with zero attached hydrogens (tertiary/aromatic N) is 2. The van der Waals surface area contributed by atoms with E-state index >= 15 is 0 Å². The third-order valence-electron chi connectivity index (χ3n) is 4.10. The maximum absolute atomic E-state index is 13.2. The minimum absolute atomic E-state index is 0.0211. The Balaban J connectivity index is 2.05. The van der Waals surface area contributed by atoms with Crippen LogP contribution in [0.2, 0.25) is 0 Å². The molecule has 0 saturated carbocycles. The van der Waals surface area contributed by atoms with Gasteiger partial charge in [-0.25, -0.2) is 16.8 Å². The smallest absolute Gasteiger partial charge is 0.245 e. The zero-order valence-electron chi connectivity index (χ0n) is 13.2. The van der Waals surface area contributed by atoms with Gasteiger partial charge < -0.3 is 4.42 Å². The second-order valence-corrected chi connectivity index (χ2v) is 9.88. The zero-order valence-corrected chi connectivity index (χ0v) is 14.8. The van der Waals surface area contributed by atoms with Crippen LogP contribution in [-0.2, 0) is 26.4 Å². The van der Waals surface area contributed by atoms with Crippen molar-refractivity contribution >= 4 is 19.9 Å². The minimum Gasteiger partial charge on any atom is -0.468 e. The molecule has 3 rings (SSSR count). The van der Waals surface area contributed by atoms with E-state index in [0.717, 1.165) is 4.31 Å². The van der Waals surface area contributed by atoms with Crippen molar-refractivity contribution in [2.75, 3.05) is 11.5 Å². The van der Waals surface area contributed by atoms with Crippen LogP contribution < -0.4 is 0 Å². The molecule has 7 nitrogen and oxygen atoms in total. The lowest BCUT2D eigenvalue weighted by Crippen LogP contribution is -2.40. The second kappa shape index (κ2) is 6.63. The van der Waals surface area contributed by atoms with Gasteiger partial charge in [-0.3, -0.25) is 0 Å². The van der Waals surface area contributed by atoms with Crippen LogP contribution in [0, 0.1) is 11.3 Å². The van der Waals surface area contributed by atoms with Crippen molar-refractivity contribution in [3.05, 3.63) is 54.0 Å². The fourth-order valence-corrected chi connectivity index (χ4v) is 6.47. The van der Waals surface area contributed by atoms with Gasteiger partial charge in [0.1, 0.15) is 11.8 Å². The van der Waals surface area contributed by atoms with Gasteiger partial charge in [-0.05, 0) is 30.7 Å². The second-order valence-electron chi connectivity index (χ2n) is 5.79. The molecule has 0 spiro atoms. The minimum atomic E-state index is -4.07. The number of furan rings is 1. The molecule has 0 unspecified atom stereocenters. The molecule has 0 radical (unpaired) electrons. The van der Waals surface area contributed by atoms with Gasteiger partial charge >= 0.3 is 0 Å². The lowest BCUT2D eigenvalue weighted by atomic mass is 10.2. The fourth-order valence-electron chi connectivity index (χ4n) is 2.88. The van der Waals surface area contributed by atoms with Crippen molar-refractivity contribution in [3.8, 4) is 6.07 Å². The average Bonchev–Trinajstić information content (AvgIpc) is 3.21. The highest BCUT2D eigenvalue weighted by atomic mass is 32.2. The first-order valence-corrected chi connectivity index (χ1v) is 10.8. The van der Waals surface area contributed by atoms with Crippen molar-refractivity contribution in [1.29, 1.82) is 5.26 Å². The quantitative estimate of drug-likeness (QED) is 0.778. The van der Waals surface area contributed by atoms with E-state index in [9.17, 15) is 22.1 Å². The fraction of sp³-hybridized carbons (Fsp3) is 0.312. The maximum Gasteiger partial charge on any atom is 0.245 e. The van der Waals surface area contributed by atoms with Crippen molar-refractivity contribution in [3.63, 3.8) is 0 Å². The molecule has 1 fully saturated rings. The van der Waals surface area contributed by atoms with E-state index in [1.54, 1.807) is 18.2 Å². The van der Waals surface area contributed by atoms with Crippen LogP contribution in [0.3, 0.4) is 0 Å². The van der Waals surface area contributed by atoms with Crippen molar-refractivity contribution in [2.45, 2.75) is 23.9 Å². The molecule has 1 aromatic carbocycles. The van der Waals surface area contributed by atoms with Crippen LogP contribution in [0.1, 0.15) is 17.7 Å². The summed E-state index contributed by atoms with van der Waals surface area (Å²) in [6, 6.07) is 10.3. The number of hydrogen-bond donors (Lipinski definition) is 0. The molecule has 132 valence electrons. The van der Waals surface area contributed by atoms with Crippen LogP contribution in [-0.4, -0.2) is 38.7 Å². The Kier molecular flexibility index (Phi) is 4.69. The Morgan fingerprint density at radius 2 is 2.00 bits per heavy atom. The van der Waals surface area contributed by atoms with Crippen molar-refractivity contribution in [2.24, 2.45) is 0 Å². The van der Waals surface area contributed by atoms with Gasteiger partial charge in [-0.2, -0.15) is 9.57 Å². The highest BCUT2D eigenvalue weighted by Gasteiger charge is 2.40. The van der Waals surface area contributed by atoms with Gasteiger partial charge in [0.2, 0.25) is 10.0 Å². The predicted octanol–water partition coefficient (Wildman–Crippen LogP) is 1.53. The third kappa shape index (κ3) is 3.61. The molecule has 1 atom stereocenters. The van der Waals surface area contributed by atoms with Crippen LogP contribution >= 0.6 is 0 Å². The van der Waals surface area contributed by atoms with E-state index < -0.39 is 25.9 Å². The monoisotopic (exact) mass is 380 g/mol. The van der Waals surface area contributed by atoms with Crippen LogP contribution in [0.25, 0.3) is 0 Å². The molecule has 0 aliphatic carbocycles. The summed E-state index contributed by atoms with van der Waals surface area (Å²) >= 11 is 0. The highest BCUT2D eigenvalue weighted by molar-refractivity contribution is 7.92. The molecule has 1 saturated heterocycles. The lowest BCUT2D eigenvalue weighted by molar-refractivity contribution is 0.307. The average molecular weight is 380 g/mol. The molecule has 0 bridgehead atoms. The highest BCUT2D eigenvalue weighted by Crippen LogP contribution is 2.28. The number of hydrogen-bond acceptors (Lipinski definition) is 6. The molecule has 1 aliphatic heterocycles. The largest absolute Gasteiger partial charge is 0.468 e. The molecule has 2 heterocycles. The Morgan fingerprint density at radius 1 is 1.24 bits per heavy atom. The van der Waals surface area contributed by atoms with Crippen LogP contribution in [0.15, 0.2) is 52.0 Å². The molecular formula is C16H16N2O5S2. The maximum atomic E-state index is 13.2. The first kappa shape index (κ1) is 17.7. The Hall–Kier alpha value is -2.15. The normalized spacial score (nSPS) is 19.8. The molecule has 2 aromatic rings. The molecule has 25 heavy (non-hydrogen) atoms. The van der Waals surface area contributed by atoms with Gasteiger partial charge in [-0.1, -0.05) is 12.1 Å². The summed E-state index contributed by atoms with van der Waals surface area (Å²) in [5.41, 5.74) is 0.0211. The number of benzene rings is 1. The number of nitriles is 1. The van der Waals surface area contributed by atoms with Gasteiger partial charge in [0.05, 0.1) is 34.8 Å². The number of rotatable bonds is 5. The molecule has 9 heteroatoms. The molecule has 0 N–H and O–H groups in total. The molecule has 0 amide bonds. The van der Waals surface area contributed by atoms with Gasteiger partial charge in [0.15, 0.2) is 9.84 Å². The number of sulfone groups is 1. The first-order valence-electron chi connectivity index (χ1n) is 7.57. The van der Waals surface area contributed by atoms with E-state index in [1.165, 1.54) is 24.5 Å². The number of sulfonamides is 1. The summed E-state index contributed by atoms with van der Waals surface area (Å²) in [5, 5.41) is 9.22. The Labute approximate surface area is 146 Å². The molecule has 1 aromatic heterocycles. The summed E-state index contributed by atoms with van der Waals surface area (Å²) < 4.78 is 56.4. The first-order chi connectivity index (χ1) is 11.8. The van der Waals surface area contributed by atoms with E-state index in [-0.39, 0.29) is 34.9 Å². The van der Waals surface area contributed by atoms with Crippen LogP contribution in [0.5, 0.6) is 0 Å². The summed E-state index contributed by atoms with van der Waals surface area (Å²) in [4.78, 5) is -0.131. The van der Waals surface area contributed by atoms with E-state index in [0.29, 0.717) is 5.76 Å². The topological polar surface area (TPSA) is 108 Å². The van der Waals surface area contributed by atoms with Gasteiger partial charge in [-0.15, -0.1) is 0 Å². The zero-order chi connectivity index (χ0) is 18.1. The van der Waals surface area contributed by atoms with Crippen LogP contribution in [0.4, 0.5) is 0 Å². The van der Waals surface area contributed by atoms with Gasteiger partial charge in [0.25, 0.3) is 0 Å². The Bertz CT molecular complexity index is 1010. The van der Waals surface area contributed by atoms with Crippen molar-refractivity contribution < 1.29 is 21.3 Å². The van der Waals surface area contributed by atoms with Gasteiger partial charge in [0, 0.05) is 6.04 Å². The SMILES string of the molecule is N#Cc1ccccc1S(=O)(=O)N(Cc1ccco1)[C@H]1CCS(=O)(=O)C1. The summed E-state index contributed by atoms with van der Waals surface area (Å²) in [6.07, 6.45) is 1.64. The Morgan fingerprint density at radius 3 is 2.60 bits per heavy atom. The van der Waals surface area contributed by atoms with E-state index in [2.05, 4.69) is 0 Å². The van der Waals surface area contributed by atoms with E-state index in [4.69, 9.17) is 4.42 Å². The standard InChI is InChI=1S/C16H16N2O5S2/c17-10-13-4-1-2-6-16(13)25(21,22)18(11-15-5-3-8-23-15)14-7-9-24(19,20)12-14/h1-6,8,14H,7,9,11-12H2/t14-/m0/s1. The molecule has 1 aliphatic rings. The molecular weight excluding hydrogens is 364 g/mol. The van der Waals surface area contributed by atoms with Crippen molar-refractivity contribution in [1.82, 2.24) is 4.31 Å². The predicted molar refractivity (Wildman–Crippen MR) is 89.7 cm³/mol. The summed E-state index contributed by atoms with van der Waals surface area (Å²) in [6.45, 7) is -0.0880.